The lowest BCUT2D eigenvalue weighted by Crippen LogP contribution is -2.29. The van der Waals surface area contributed by atoms with Crippen LogP contribution in [0.4, 0.5) is 5.69 Å². The number of nitrogens with zero attached hydrogens (tertiary/aromatic N) is 1. The molecule has 0 bridgehead atoms. The second-order valence-corrected chi connectivity index (χ2v) is 5.03. The highest BCUT2D eigenvalue weighted by atomic mass is 16.5. The Morgan fingerprint density at radius 1 is 1.32 bits per heavy atom. The van der Waals surface area contributed by atoms with E-state index in [0.717, 1.165) is 22.2 Å². The van der Waals surface area contributed by atoms with E-state index in [4.69, 9.17) is 9.47 Å². The van der Waals surface area contributed by atoms with Crippen LogP contribution in [0.3, 0.4) is 0 Å². The lowest BCUT2D eigenvalue weighted by molar-refractivity contribution is -0.127. The molecule has 1 heterocycles. The van der Waals surface area contributed by atoms with E-state index < -0.39 is 6.10 Å². The Kier molecular flexibility index (Phi) is 5.86. The molecule has 2 rings (SSSR count). The molecule has 5 nitrogen and oxygen atoms in total. The van der Waals surface area contributed by atoms with Crippen molar-refractivity contribution < 1.29 is 14.3 Å². The van der Waals surface area contributed by atoms with Crippen molar-refractivity contribution in [1.29, 1.82) is 0 Å². The number of hydrogen-bond donors (Lipinski definition) is 1. The van der Waals surface area contributed by atoms with Crippen LogP contribution in [0.25, 0.3) is 10.9 Å². The average Bonchev–Trinajstić information content (AvgIpc) is 2.54. The number of nitrogens with one attached hydrogen (secondary N) is 1. The third-order valence-electron chi connectivity index (χ3n) is 3.40. The SMILES string of the molecule is CCOCCO[C@H](C)C(=O)Nc1ccc(C)c2ncccc12. The van der Waals surface area contributed by atoms with Gasteiger partial charge in [0.2, 0.25) is 0 Å². The molecule has 0 spiro atoms. The molecule has 118 valence electrons. The molecule has 5 heteroatoms. The highest BCUT2D eigenvalue weighted by Gasteiger charge is 2.15. The van der Waals surface area contributed by atoms with E-state index >= 15 is 0 Å². The van der Waals surface area contributed by atoms with Gasteiger partial charge in [-0.1, -0.05) is 6.07 Å². The van der Waals surface area contributed by atoms with Gasteiger partial charge in [0.1, 0.15) is 6.10 Å². The van der Waals surface area contributed by atoms with Gasteiger partial charge >= 0.3 is 0 Å². The van der Waals surface area contributed by atoms with Gasteiger partial charge in [0.15, 0.2) is 0 Å². The van der Waals surface area contributed by atoms with Gasteiger partial charge in [0, 0.05) is 18.2 Å². The maximum atomic E-state index is 12.2. The van der Waals surface area contributed by atoms with Crippen molar-refractivity contribution >= 4 is 22.5 Å². The number of benzene rings is 1. The van der Waals surface area contributed by atoms with Crippen molar-refractivity contribution in [3.8, 4) is 0 Å². The second-order valence-electron chi connectivity index (χ2n) is 5.03. The number of amides is 1. The highest BCUT2D eigenvalue weighted by molar-refractivity contribution is 6.03. The largest absolute Gasteiger partial charge is 0.379 e. The smallest absolute Gasteiger partial charge is 0.253 e. The minimum Gasteiger partial charge on any atom is -0.379 e. The van der Waals surface area contributed by atoms with E-state index in [9.17, 15) is 4.79 Å². The lowest BCUT2D eigenvalue weighted by atomic mass is 10.1. The molecule has 0 aliphatic carbocycles. The van der Waals surface area contributed by atoms with Gasteiger partial charge < -0.3 is 14.8 Å². The molecular weight excluding hydrogens is 280 g/mol. The van der Waals surface area contributed by atoms with Crippen LogP contribution in [-0.2, 0) is 14.3 Å². The Hall–Kier alpha value is -1.98. The van der Waals surface area contributed by atoms with Crippen molar-refractivity contribution in [2.24, 2.45) is 0 Å². The molecule has 1 amide bonds. The second kappa shape index (κ2) is 7.87. The van der Waals surface area contributed by atoms with Crippen LogP contribution in [0.2, 0.25) is 0 Å². The lowest BCUT2D eigenvalue weighted by Gasteiger charge is -2.15. The Morgan fingerprint density at radius 3 is 2.91 bits per heavy atom. The molecule has 22 heavy (non-hydrogen) atoms. The van der Waals surface area contributed by atoms with Gasteiger partial charge in [-0.15, -0.1) is 0 Å². The van der Waals surface area contributed by atoms with E-state index in [0.29, 0.717) is 19.8 Å². The summed E-state index contributed by atoms with van der Waals surface area (Å²) in [6.07, 6.45) is 1.22. The number of ether oxygens (including phenoxy) is 2. The number of carbonyl (C=O) groups is 1. The van der Waals surface area contributed by atoms with E-state index in [2.05, 4.69) is 10.3 Å². The summed E-state index contributed by atoms with van der Waals surface area (Å²) in [4.78, 5) is 16.6. The predicted octanol–water partition coefficient (Wildman–Crippen LogP) is 2.92. The predicted molar refractivity (Wildman–Crippen MR) is 87.0 cm³/mol. The molecule has 0 saturated carbocycles. The van der Waals surface area contributed by atoms with Crippen LogP contribution < -0.4 is 5.32 Å². The molecule has 2 aromatic rings. The number of hydrogen-bond acceptors (Lipinski definition) is 4. The molecule has 1 atom stereocenters. The standard InChI is InChI=1S/C17H22N2O3/c1-4-21-10-11-22-13(3)17(20)19-15-8-7-12(2)16-14(15)6-5-9-18-16/h5-9,13H,4,10-11H2,1-3H3,(H,19,20)/t13-/m1/s1. The number of aryl methyl sites for hydroxylation is 1. The first-order valence-electron chi connectivity index (χ1n) is 7.48. The van der Waals surface area contributed by atoms with Crippen molar-refractivity contribution in [3.05, 3.63) is 36.0 Å². The summed E-state index contributed by atoms with van der Waals surface area (Å²) < 4.78 is 10.6. The monoisotopic (exact) mass is 302 g/mol. The Balaban J connectivity index is 2.04. The summed E-state index contributed by atoms with van der Waals surface area (Å²) in [5.41, 5.74) is 2.72. The number of aromatic nitrogens is 1. The summed E-state index contributed by atoms with van der Waals surface area (Å²) >= 11 is 0. The summed E-state index contributed by atoms with van der Waals surface area (Å²) in [6.45, 7) is 7.19. The Bertz CT molecular complexity index is 643. The van der Waals surface area contributed by atoms with Crippen LogP contribution in [0.15, 0.2) is 30.5 Å². The molecule has 0 radical (unpaired) electrons. The van der Waals surface area contributed by atoms with Crippen molar-refractivity contribution in [3.63, 3.8) is 0 Å². The molecule has 1 N–H and O–H groups in total. The minimum absolute atomic E-state index is 0.175. The van der Waals surface area contributed by atoms with Crippen LogP contribution >= 0.6 is 0 Å². The van der Waals surface area contributed by atoms with Gasteiger partial charge in [0.05, 0.1) is 24.4 Å². The maximum absolute atomic E-state index is 12.2. The summed E-state index contributed by atoms with van der Waals surface area (Å²) in [5.74, 6) is -0.175. The van der Waals surface area contributed by atoms with E-state index in [-0.39, 0.29) is 5.91 Å². The normalized spacial score (nSPS) is 12.3. The molecule has 1 aromatic carbocycles. The number of pyridine rings is 1. The zero-order chi connectivity index (χ0) is 15.9. The van der Waals surface area contributed by atoms with Crippen LogP contribution in [0.5, 0.6) is 0 Å². The summed E-state index contributed by atoms with van der Waals surface area (Å²) in [7, 11) is 0. The third-order valence-corrected chi connectivity index (χ3v) is 3.40. The highest BCUT2D eigenvalue weighted by Crippen LogP contribution is 2.24. The molecule has 0 aliphatic rings. The first kappa shape index (κ1) is 16.4. The van der Waals surface area contributed by atoms with Gasteiger partial charge in [-0.3, -0.25) is 9.78 Å². The van der Waals surface area contributed by atoms with E-state index in [1.165, 1.54) is 0 Å². The summed E-state index contributed by atoms with van der Waals surface area (Å²) in [5, 5.41) is 3.84. The van der Waals surface area contributed by atoms with Crippen molar-refractivity contribution in [2.45, 2.75) is 26.9 Å². The molecule has 0 aliphatic heterocycles. The fraction of sp³-hybridized carbons (Fsp3) is 0.412. The van der Waals surface area contributed by atoms with Crippen LogP contribution in [0.1, 0.15) is 19.4 Å². The quantitative estimate of drug-likeness (QED) is 0.799. The molecule has 0 fully saturated rings. The fourth-order valence-electron chi connectivity index (χ4n) is 2.16. The third kappa shape index (κ3) is 4.02. The van der Waals surface area contributed by atoms with Crippen LogP contribution in [-0.4, -0.2) is 36.8 Å². The van der Waals surface area contributed by atoms with Crippen LogP contribution in [0, 0.1) is 6.92 Å². The van der Waals surface area contributed by atoms with E-state index in [1.54, 1.807) is 13.1 Å². The van der Waals surface area contributed by atoms with Gasteiger partial charge in [0.25, 0.3) is 5.91 Å². The topological polar surface area (TPSA) is 60.5 Å². The van der Waals surface area contributed by atoms with Crippen molar-refractivity contribution in [1.82, 2.24) is 4.98 Å². The zero-order valence-electron chi connectivity index (χ0n) is 13.3. The average molecular weight is 302 g/mol. The fourth-order valence-corrected chi connectivity index (χ4v) is 2.16. The molecule has 0 saturated heterocycles. The molecule has 1 aromatic heterocycles. The Morgan fingerprint density at radius 2 is 2.14 bits per heavy atom. The molecular formula is C17H22N2O3. The maximum Gasteiger partial charge on any atom is 0.253 e. The number of rotatable bonds is 7. The number of anilines is 1. The van der Waals surface area contributed by atoms with Gasteiger partial charge in [-0.2, -0.15) is 0 Å². The number of fused-ring (bicyclic) bond motifs is 1. The zero-order valence-corrected chi connectivity index (χ0v) is 13.3. The Labute approximate surface area is 130 Å². The molecule has 0 unspecified atom stereocenters. The van der Waals surface area contributed by atoms with Gasteiger partial charge in [-0.05, 0) is 44.5 Å². The number of carbonyl (C=O) groups excluding carboxylic acids is 1. The van der Waals surface area contributed by atoms with E-state index in [1.807, 2.05) is 38.1 Å². The summed E-state index contributed by atoms with van der Waals surface area (Å²) in [6, 6.07) is 7.65. The van der Waals surface area contributed by atoms with Crippen molar-refractivity contribution in [2.75, 3.05) is 25.1 Å². The van der Waals surface area contributed by atoms with Gasteiger partial charge in [-0.25, -0.2) is 0 Å². The first-order valence-corrected chi connectivity index (χ1v) is 7.48. The first-order chi connectivity index (χ1) is 10.6. The minimum atomic E-state index is -0.534.